The molecule has 1 aliphatic carbocycles. The largest absolute Gasteiger partial charge is 0.299 e. The van der Waals surface area contributed by atoms with Crippen LogP contribution in [0.1, 0.15) is 36.7 Å². The van der Waals surface area contributed by atoms with Gasteiger partial charge in [0.2, 0.25) is 0 Å². The number of aryl methyl sites for hydroxylation is 2. The van der Waals surface area contributed by atoms with Gasteiger partial charge in [0.1, 0.15) is 5.54 Å². The van der Waals surface area contributed by atoms with Crippen LogP contribution >= 0.6 is 11.8 Å². The van der Waals surface area contributed by atoms with Crippen LogP contribution in [0.5, 0.6) is 0 Å². The minimum absolute atomic E-state index is 0.421. The molecule has 5 heteroatoms. The van der Waals surface area contributed by atoms with Gasteiger partial charge in [-0.2, -0.15) is 5.26 Å². The van der Waals surface area contributed by atoms with E-state index in [9.17, 15) is 5.26 Å². The second kappa shape index (κ2) is 6.11. The molecule has 2 rings (SSSR count). The van der Waals surface area contributed by atoms with Gasteiger partial charge in [0.25, 0.3) is 0 Å². The molecule has 0 radical (unpaired) electrons. The number of thioether (sulfide) groups is 1. The Morgan fingerprint density at radius 3 is 2.35 bits per heavy atom. The first kappa shape index (κ1) is 15.3. The highest BCUT2D eigenvalue weighted by molar-refractivity contribution is 7.99. The lowest BCUT2D eigenvalue weighted by Crippen LogP contribution is -2.48. The molecule has 0 aliphatic heterocycles. The summed E-state index contributed by atoms with van der Waals surface area (Å²) in [6, 6.07) is 2.50. The zero-order valence-corrected chi connectivity index (χ0v) is 13.5. The van der Waals surface area contributed by atoms with E-state index in [4.69, 9.17) is 0 Å². The third-order valence-corrected chi connectivity index (χ3v) is 5.05. The van der Waals surface area contributed by atoms with Gasteiger partial charge in [0.05, 0.1) is 6.07 Å². The minimum atomic E-state index is -0.421. The van der Waals surface area contributed by atoms with Crippen LogP contribution in [0.4, 0.5) is 0 Å². The number of nitriles is 1. The molecule has 0 amide bonds. The quantitative estimate of drug-likeness (QED) is 0.645. The van der Waals surface area contributed by atoms with E-state index >= 15 is 0 Å². The lowest BCUT2D eigenvalue weighted by Gasteiger charge is -2.26. The van der Waals surface area contributed by atoms with E-state index in [0.717, 1.165) is 41.5 Å². The Labute approximate surface area is 125 Å². The normalized spacial score (nSPS) is 17.6. The monoisotopic (exact) mass is 290 g/mol. The molecular weight excluding hydrogens is 268 g/mol. The maximum atomic E-state index is 9.58. The number of hydrogen-bond acceptors (Lipinski definition) is 5. The standard InChI is InChI=1S/C15H22N4S/c1-5-17-15(8-16,13-6-7-13)9-20-14-18-11(3)10(2)12(4)19-14/h13,17H,5-7,9H2,1-4H3. The molecule has 108 valence electrons. The van der Waals surface area contributed by atoms with E-state index in [-0.39, 0.29) is 0 Å². The fraction of sp³-hybridized carbons (Fsp3) is 0.667. The fourth-order valence-electron chi connectivity index (χ4n) is 2.35. The molecule has 1 heterocycles. The molecule has 0 spiro atoms. The summed E-state index contributed by atoms with van der Waals surface area (Å²) in [5, 5.41) is 13.7. The summed E-state index contributed by atoms with van der Waals surface area (Å²) in [7, 11) is 0. The molecule has 20 heavy (non-hydrogen) atoms. The Morgan fingerprint density at radius 1 is 1.30 bits per heavy atom. The number of hydrogen-bond donors (Lipinski definition) is 1. The van der Waals surface area contributed by atoms with E-state index in [2.05, 4.69) is 28.3 Å². The first-order valence-corrected chi connectivity index (χ1v) is 8.12. The topological polar surface area (TPSA) is 61.6 Å². The van der Waals surface area contributed by atoms with Crippen molar-refractivity contribution in [2.45, 2.75) is 51.2 Å². The first-order chi connectivity index (χ1) is 9.52. The van der Waals surface area contributed by atoms with Gasteiger partial charge in [0.15, 0.2) is 5.16 Å². The number of nitrogens with one attached hydrogen (secondary N) is 1. The van der Waals surface area contributed by atoms with E-state index in [1.807, 2.05) is 20.8 Å². The predicted octanol–water partition coefficient (Wildman–Crippen LogP) is 2.78. The van der Waals surface area contributed by atoms with Crippen molar-refractivity contribution >= 4 is 11.8 Å². The van der Waals surface area contributed by atoms with Crippen molar-refractivity contribution in [3.05, 3.63) is 17.0 Å². The van der Waals surface area contributed by atoms with Gasteiger partial charge in [-0.25, -0.2) is 9.97 Å². The van der Waals surface area contributed by atoms with Crippen LogP contribution in [0.3, 0.4) is 0 Å². The van der Waals surface area contributed by atoms with Crippen LogP contribution < -0.4 is 5.32 Å². The summed E-state index contributed by atoms with van der Waals surface area (Å²) in [6.45, 7) is 8.93. The lowest BCUT2D eigenvalue weighted by atomic mass is 9.98. The second-order valence-electron chi connectivity index (χ2n) is 5.48. The van der Waals surface area contributed by atoms with Gasteiger partial charge < -0.3 is 0 Å². The van der Waals surface area contributed by atoms with Crippen LogP contribution in [-0.2, 0) is 0 Å². The highest BCUT2D eigenvalue weighted by atomic mass is 32.2. The van der Waals surface area contributed by atoms with Crippen molar-refractivity contribution in [1.82, 2.24) is 15.3 Å². The molecule has 4 nitrogen and oxygen atoms in total. The van der Waals surface area contributed by atoms with E-state index in [1.54, 1.807) is 11.8 Å². The summed E-state index contributed by atoms with van der Waals surface area (Å²) in [5.41, 5.74) is 2.78. The summed E-state index contributed by atoms with van der Waals surface area (Å²) in [6.07, 6.45) is 2.29. The average molecular weight is 290 g/mol. The summed E-state index contributed by atoms with van der Waals surface area (Å²) in [5.74, 6) is 1.19. The Hall–Kier alpha value is -1.12. The maximum Gasteiger partial charge on any atom is 0.188 e. The van der Waals surface area contributed by atoms with Crippen LogP contribution in [0.2, 0.25) is 0 Å². The van der Waals surface area contributed by atoms with Gasteiger partial charge in [-0.3, -0.25) is 5.32 Å². The van der Waals surface area contributed by atoms with Crippen molar-refractivity contribution in [1.29, 1.82) is 5.26 Å². The van der Waals surface area contributed by atoms with Gasteiger partial charge in [0, 0.05) is 17.1 Å². The van der Waals surface area contributed by atoms with Crippen molar-refractivity contribution in [3.8, 4) is 6.07 Å². The summed E-state index contributed by atoms with van der Waals surface area (Å²) < 4.78 is 0. The molecule has 1 aromatic rings. The van der Waals surface area contributed by atoms with E-state index in [0.29, 0.717) is 11.7 Å². The second-order valence-corrected chi connectivity index (χ2v) is 6.42. The van der Waals surface area contributed by atoms with Gasteiger partial charge in [-0.15, -0.1) is 0 Å². The Balaban J connectivity index is 2.12. The number of rotatable bonds is 6. The van der Waals surface area contributed by atoms with Crippen molar-refractivity contribution in [2.75, 3.05) is 12.3 Å². The SMILES string of the molecule is CCNC(C#N)(CSc1nc(C)c(C)c(C)n1)C1CC1. The molecule has 1 fully saturated rings. The van der Waals surface area contributed by atoms with E-state index < -0.39 is 5.54 Å². The molecule has 1 saturated carbocycles. The highest BCUT2D eigenvalue weighted by Gasteiger charge is 2.45. The Morgan fingerprint density at radius 2 is 1.90 bits per heavy atom. The zero-order chi connectivity index (χ0) is 14.8. The van der Waals surface area contributed by atoms with Crippen LogP contribution in [0.15, 0.2) is 5.16 Å². The van der Waals surface area contributed by atoms with Gasteiger partial charge in [-0.05, 0) is 51.6 Å². The molecule has 0 bridgehead atoms. The Kier molecular flexibility index (Phi) is 4.66. The smallest absolute Gasteiger partial charge is 0.188 e. The molecular formula is C15H22N4S. The molecule has 1 N–H and O–H groups in total. The van der Waals surface area contributed by atoms with Gasteiger partial charge >= 0.3 is 0 Å². The predicted molar refractivity (Wildman–Crippen MR) is 81.7 cm³/mol. The average Bonchev–Trinajstić information content (AvgIpc) is 3.25. The van der Waals surface area contributed by atoms with Crippen LogP contribution in [0, 0.1) is 38.0 Å². The van der Waals surface area contributed by atoms with Gasteiger partial charge in [-0.1, -0.05) is 18.7 Å². The summed E-state index contributed by atoms with van der Waals surface area (Å²) >= 11 is 1.59. The molecule has 1 atom stereocenters. The first-order valence-electron chi connectivity index (χ1n) is 7.13. The number of nitrogens with zero attached hydrogens (tertiary/aromatic N) is 3. The Bertz CT molecular complexity index is 510. The minimum Gasteiger partial charge on any atom is -0.299 e. The van der Waals surface area contributed by atoms with Crippen molar-refractivity contribution in [2.24, 2.45) is 5.92 Å². The van der Waals surface area contributed by atoms with Crippen molar-refractivity contribution in [3.63, 3.8) is 0 Å². The number of aromatic nitrogens is 2. The highest BCUT2D eigenvalue weighted by Crippen LogP contribution is 2.41. The molecule has 1 aliphatic rings. The summed E-state index contributed by atoms with van der Waals surface area (Å²) in [4.78, 5) is 9.05. The lowest BCUT2D eigenvalue weighted by molar-refractivity contribution is 0.415. The molecule has 0 saturated heterocycles. The van der Waals surface area contributed by atoms with Crippen molar-refractivity contribution < 1.29 is 0 Å². The molecule has 1 aromatic heterocycles. The fourth-order valence-corrected chi connectivity index (χ4v) is 3.51. The zero-order valence-electron chi connectivity index (χ0n) is 12.7. The molecule has 1 unspecified atom stereocenters. The van der Waals surface area contributed by atoms with Crippen LogP contribution in [0.25, 0.3) is 0 Å². The maximum absolute atomic E-state index is 9.58. The third kappa shape index (κ3) is 3.13. The molecule has 0 aromatic carbocycles. The van der Waals surface area contributed by atoms with Crippen LogP contribution in [-0.4, -0.2) is 27.8 Å². The van der Waals surface area contributed by atoms with E-state index in [1.165, 1.54) is 0 Å². The third-order valence-electron chi connectivity index (χ3n) is 4.01.